The molecule has 2 unspecified atom stereocenters. The van der Waals surface area contributed by atoms with Crippen LogP contribution in [0.25, 0.3) is 0 Å². The molecule has 0 aromatic rings. The summed E-state index contributed by atoms with van der Waals surface area (Å²) in [5.41, 5.74) is -0.730. The molecule has 2 saturated heterocycles. The van der Waals surface area contributed by atoms with Gasteiger partial charge in [-0.2, -0.15) is 0 Å². The van der Waals surface area contributed by atoms with Crippen molar-refractivity contribution in [3.63, 3.8) is 0 Å². The summed E-state index contributed by atoms with van der Waals surface area (Å²) in [4.78, 5) is 24.8. The van der Waals surface area contributed by atoms with Gasteiger partial charge in [-0.1, -0.05) is 19.1 Å². The molecular formula is C20H24O7. The Balaban J connectivity index is 1.79. The lowest BCUT2D eigenvalue weighted by atomic mass is 9.39. The molecule has 3 aliphatic carbocycles. The Morgan fingerprint density at radius 1 is 1.22 bits per heavy atom. The molecule has 5 aliphatic rings. The lowest BCUT2D eigenvalue weighted by Crippen LogP contribution is -2.74. The molecule has 9 atom stereocenters. The normalized spacial score (nSPS) is 56.2. The van der Waals surface area contributed by atoms with Crippen LogP contribution in [0.1, 0.15) is 26.7 Å². The number of carbonyl (C=O) groups excluding carboxylic acids is 2. The zero-order chi connectivity index (χ0) is 19.5. The minimum absolute atomic E-state index is 0.0436. The Morgan fingerprint density at radius 3 is 2.63 bits per heavy atom. The summed E-state index contributed by atoms with van der Waals surface area (Å²) >= 11 is 0. The lowest BCUT2D eigenvalue weighted by molar-refractivity contribution is -0.305. The lowest BCUT2D eigenvalue weighted by Gasteiger charge is -2.66. The molecule has 5 rings (SSSR count). The quantitative estimate of drug-likeness (QED) is 0.405. The van der Waals surface area contributed by atoms with Gasteiger partial charge in [-0.25, -0.2) is 0 Å². The number of carbonyl (C=O) groups is 2. The summed E-state index contributed by atoms with van der Waals surface area (Å²) in [6.45, 7) is 7.64. The molecule has 0 radical (unpaired) electrons. The minimum atomic E-state index is -1.98. The van der Waals surface area contributed by atoms with Crippen LogP contribution in [0.15, 0.2) is 23.8 Å². The van der Waals surface area contributed by atoms with Crippen LogP contribution < -0.4 is 0 Å². The summed E-state index contributed by atoms with van der Waals surface area (Å²) in [6, 6.07) is 0. The first-order valence-electron chi connectivity index (χ1n) is 9.41. The van der Waals surface area contributed by atoms with Crippen molar-refractivity contribution in [1.82, 2.24) is 0 Å². The molecule has 2 aliphatic heterocycles. The Hall–Kier alpha value is -1.54. The average Bonchev–Trinajstić information content (AvgIpc) is 2.90. The Kier molecular flexibility index (Phi) is 3.18. The Labute approximate surface area is 156 Å². The van der Waals surface area contributed by atoms with E-state index in [1.165, 1.54) is 6.08 Å². The first-order chi connectivity index (χ1) is 12.6. The van der Waals surface area contributed by atoms with Crippen molar-refractivity contribution in [2.75, 3.05) is 6.61 Å². The van der Waals surface area contributed by atoms with Crippen molar-refractivity contribution < 1.29 is 34.4 Å². The summed E-state index contributed by atoms with van der Waals surface area (Å²) in [7, 11) is 0. The summed E-state index contributed by atoms with van der Waals surface area (Å²) in [5.74, 6) is -4.25. The van der Waals surface area contributed by atoms with E-state index in [4.69, 9.17) is 9.47 Å². The zero-order valence-electron chi connectivity index (χ0n) is 15.3. The van der Waals surface area contributed by atoms with E-state index in [2.05, 4.69) is 6.58 Å². The molecule has 4 fully saturated rings. The topological polar surface area (TPSA) is 113 Å². The van der Waals surface area contributed by atoms with Crippen LogP contribution in [0, 0.1) is 28.6 Å². The molecule has 0 amide bonds. The molecule has 146 valence electrons. The second-order valence-corrected chi connectivity index (χ2v) is 9.15. The third-order valence-electron chi connectivity index (χ3n) is 8.19. The number of aliphatic hydroxyl groups excluding tert-OH is 2. The predicted molar refractivity (Wildman–Crippen MR) is 90.9 cm³/mol. The molecular weight excluding hydrogens is 352 g/mol. The summed E-state index contributed by atoms with van der Waals surface area (Å²) < 4.78 is 11.5. The van der Waals surface area contributed by atoms with Crippen LogP contribution in [0.3, 0.4) is 0 Å². The van der Waals surface area contributed by atoms with Crippen molar-refractivity contribution in [3.05, 3.63) is 23.8 Å². The molecule has 7 nitrogen and oxygen atoms in total. The van der Waals surface area contributed by atoms with Gasteiger partial charge in [0.05, 0.1) is 13.0 Å². The van der Waals surface area contributed by atoms with E-state index in [-0.39, 0.29) is 24.9 Å². The molecule has 2 bridgehead atoms. The Morgan fingerprint density at radius 2 is 1.93 bits per heavy atom. The predicted octanol–water partition coefficient (Wildman–Crippen LogP) is 0.0863. The summed E-state index contributed by atoms with van der Waals surface area (Å²) in [5, 5.41) is 33.3. The van der Waals surface area contributed by atoms with Gasteiger partial charge in [0.1, 0.15) is 18.3 Å². The van der Waals surface area contributed by atoms with E-state index in [0.29, 0.717) is 12.0 Å². The van der Waals surface area contributed by atoms with Crippen molar-refractivity contribution >= 4 is 11.8 Å². The molecule has 0 aromatic heterocycles. The second kappa shape index (κ2) is 4.89. The van der Waals surface area contributed by atoms with E-state index >= 15 is 0 Å². The highest BCUT2D eigenvalue weighted by Gasteiger charge is 2.81. The molecule has 2 heterocycles. The van der Waals surface area contributed by atoms with Gasteiger partial charge in [-0.05, 0) is 30.9 Å². The van der Waals surface area contributed by atoms with Gasteiger partial charge in [0.25, 0.3) is 0 Å². The van der Waals surface area contributed by atoms with Crippen LogP contribution in [0.4, 0.5) is 0 Å². The standard InChI is InChI=1S/C20H24O7/c1-8-4-12(21)16(24)18(3)10(8)5-13-19-7-26-20(25,17(18)19)15(23)9(2)11(19)6-14(22)27-13/h4,10-11,13,15-17,23-25H,2,5-7H2,1,3H3/t10-,11?,13+,15-,16+,17?,18+,19-,20+/m0/s1. The number of allylic oxidation sites excluding steroid dienone is 1. The van der Waals surface area contributed by atoms with E-state index < -0.39 is 52.5 Å². The highest BCUT2D eigenvalue weighted by Crippen LogP contribution is 2.73. The van der Waals surface area contributed by atoms with Crippen LogP contribution in [-0.2, 0) is 19.1 Å². The molecule has 1 spiro atoms. The smallest absolute Gasteiger partial charge is 0.306 e. The van der Waals surface area contributed by atoms with Crippen molar-refractivity contribution in [3.8, 4) is 0 Å². The third-order valence-corrected chi connectivity index (χ3v) is 8.19. The fourth-order valence-corrected chi connectivity index (χ4v) is 7.14. The van der Waals surface area contributed by atoms with Crippen LogP contribution in [-0.4, -0.2) is 57.8 Å². The fraction of sp³-hybridized carbons (Fsp3) is 0.700. The van der Waals surface area contributed by atoms with Crippen LogP contribution in [0.2, 0.25) is 0 Å². The van der Waals surface area contributed by atoms with E-state index in [1.807, 2.05) is 6.92 Å². The van der Waals surface area contributed by atoms with Crippen LogP contribution in [0.5, 0.6) is 0 Å². The fourth-order valence-electron chi connectivity index (χ4n) is 7.14. The maximum absolute atomic E-state index is 12.5. The highest BCUT2D eigenvalue weighted by atomic mass is 16.6. The minimum Gasteiger partial charge on any atom is -0.462 e. The average molecular weight is 376 g/mol. The number of hydrogen-bond acceptors (Lipinski definition) is 7. The number of hydrogen-bond donors (Lipinski definition) is 3. The SMILES string of the molecule is C=C1C2CC(=O)O[C@@H]3C[C@H]4C(C)=CC(=O)[C@@H](O)[C@]4(C)C4[C@@]23CO[C@]4(O)[C@H]1O. The third kappa shape index (κ3) is 1.69. The highest BCUT2D eigenvalue weighted by molar-refractivity contribution is 5.96. The molecule has 3 N–H and O–H groups in total. The molecule has 7 heteroatoms. The van der Waals surface area contributed by atoms with E-state index in [1.54, 1.807) is 6.92 Å². The molecule has 0 aromatic carbocycles. The van der Waals surface area contributed by atoms with Crippen molar-refractivity contribution in [2.24, 2.45) is 28.6 Å². The van der Waals surface area contributed by atoms with Gasteiger partial charge < -0.3 is 24.8 Å². The number of ketones is 1. The number of rotatable bonds is 0. The van der Waals surface area contributed by atoms with Gasteiger partial charge >= 0.3 is 5.97 Å². The number of ether oxygens (including phenoxy) is 2. The second-order valence-electron chi connectivity index (χ2n) is 9.15. The van der Waals surface area contributed by atoms with Gasteiger partial charge in [0.15, 0.2) is 11.6 Å². The van der Waals surface area contributed by atoms with E-state index in [9.17, 15) is 24.9 Å². The van der Waals surface area contributed by atoms with Crippen molar-refractivity contribution in [2.45, 2.75) is 50.8 Å². The zero-order valence-corrected chi connectivity index (χ0v) is 15.3. The number of esters is 1. The van der Waals surface area contributed by atoms with Gasteiger partial charge in [0.2, 0.25) is 0 Å². The largest absolute Gasteiger partial charge is 0.462 e. The first-order valence-corrected chi connectivity index (χ1v) is 9.41. The van der Waals surface area contributed by atoms with E-state index in [0.717, 1.165) is 5.57 Å². The van der Waals surface area contributed by atoms with Gasteiger partial charge in [0, 0.05) is 22.7 Å². The maximum Gasteiger partial charge on any atom is 0.306 e. The summed E-state index contributed by atoms with van der Waals surface area (Å²) in [6.07, 6.45) is -1.36. The van der Waals surface area contributed by atoms with Crippen LogP contribution >= 0.6 is 0 Å². The Bertz CT molecular complexity index is 817. The molecule has 27 heavy (non-hydrogen) atoms. The van der Waals surface area contributed by atoms with Crippen molar-refractivity contribution in [1.29, 1.82) is 0 Å². The maximum atomic E-state index is 12.5. The monoisotopic (exact) mass is 376 g/mol. The number of fused-ring (bicyclic) bond motifs is 1. The van der Waals surface area contributed by atoms with Gasteiger partial charge in [-0.3, -0.25) is 9.59 Å². The molecule has 2 saturated carbocycles. The van der Waals surface area contributed by atoms with Gasteiger partial charge in [-0.15, -0.1) is 0 Å². The number of aliphatic hydroxyl groups is 3. The first kappa shape index (κ1) is 17.6.